The zero-order valence-electron chi connectivity index (χ0n) is 12.2. The summed E-state index contributed by atoms with van der Waals surface area (Å²) in [5, 5.41) is 2.84. The van der Waals surface area contributed by atoms with Crippen LogP contribution >= 0.6 is 0 Å². The zero-order chi connectivity index (χ0) is 15.2. The number of carbonyl (C=O) groups excluding carboxylic acids is 1. The Kier molecular flexibility index (Phi) is 4.66. The van der Waals surface area contributed by atoms with Gasteiger partial charge in [0.2, 0.25) is 0 Å². The van der Waals surface area contributed by atoms with Gasteiger partial charge in [0.25, 0.3) is 0 Å². The van der Waals surface area contributed by atoms with Crippen molar-refractivity contribution in [2.45, 2.75) is 6.92 Å². The van der Waals surface area contributed by atoms with Gasteiger partial charge in [-0.3, -0.25) is 4.90 Å². The van der Waals surface area contributed by atoms with E-state index in [0.29, 0.717) is 29.4 Å². The molecule has 0 aromatic heterocycles. The Morgan fingerprint density at radius 2 is 2.00 bits per heavy atom. The Hall–Kier alpha value is -2.69. The van der Waals surface area contributed by atoms with Gasteiger partial charge in [0.15, 0.2) is 0 Å². The lowest BCUT2D eigenvalue weighted by atomic mass is 10.2. The van der Waals surface area contributed by atoms with Gasteiger partial charge < -0.3 is 15.8 Å². The van der Waals surface area contributed by atoms with E-state index >= 15 is 0 Å². The molecule has 21 heavy (non-hydrogen) atoms. The van der Waals surface area contributed by atoms with E-state index in [1.54, 1.807) is 24.1 Å². The number of hydrogen-bond acceptors (Lipinski definition) is 3. The molecule has 0 saturated heterocycles. The van der Waals surface area contributed by atoms with E-state index in [4.69, 9.17) is 10.5 Å². The molecular weight excluding hydrogens is 266 g/mol. The fraction of sp³-hybridized carbons (Fsp3) is 0.188. The smallest absolute Gasteiger partial charge is 0.326 e. The summed E-state index contributed by atoms with van der Waals surface area (Å²) in [6, 6.07) is 14.3. The zero-order valence-corrected chi connectivity index (χ0v) is 12.2. The average molecular weight is 285 g/mol. The third-order valence-electron chi connectivity index (χ3n) is 3.11. The topological polar surface area (TPSA) is 67.6 Å². The molecule has 0 aliphatic carbocycles. The number of nitrogens with zero attached hydrogens (tertiary/aromatic N) is 1. The molecule has 0 saturated carbocycles. The maximum Gasteiger partial charge on any atom is 0.326 e. The molecule has 2 aromatic carbocycles. The fourth-order valence-corrected chi connectivity index (χ4v) is 2.05. The van der Waals surface area contributed by atoms with Crippen molar-refractivity contribution < 1.29 is 9.53 Å². The third kappa shape index (κ3) is 3.45. The predicted octanol–water partition coefficient (Wildman–Crippen LogP) is 3.34. The number of para-hydroxylation sites is 2. The van der Waals surface area contributed by atoms with Crippen LogP contribution in [-0.4, -0.2) is 19.7 Å². The molecule has 3 N–H and O–H groups in total. The van der Waals surface area contributed by atoms with Crippen molar-refractivity contribution in [2.75, 3.05) is 29.6 Å². The van der Waals surface area contributed by atoms with Gasteiger partial charge in [0, 0.05) is 18.3 Å². The van der Waals surface area contributed by atoms with E-state index in [1.165, 1.54) is 0 Å². The Morgan fingerprint density at radius 3 is 2.67 bits per heavy atom. The lowest BCUT2D eigenvalue weighted by Gasteiger charge is -2.23. The Bertz CT molecular complexity index is 628. The van der Waals surface area contributed by atoms with Crippen molar-refractivity contribution in [1.82, 2.24) is 0 Å². The highest BCUT2D eigenvalue weighted by molar-refractivity contribution is 6.03. The number of methoxy groups -OCH3 is 1. The highest BCUT2D eigenvalue weighted by atomic mass is 16.5. The van der Waals surface area contributed by atoms with Crippen molar-refractivity contribution in [3.63, 3.8) is 0 Å². The molecule has 0 spiro atoms. The molecule has 2 amide bonds. The number of nitrogens with one attached hydrogen (secondary N) is 1. The van der Waals surface area contributed by atoms with Crippen molar-refractivity contribution >= 4 is 23.1 Å². The molecule has 0 unspecified atom stereocenters. The van der Waals surface area contributed by atoms with Crippen LogP contribution in [0.25, 0.3) is 0 Å². The standard InChI is InChI=1S/C16H19N3O2/c1-3-19(15-10-5-4-9-14(15)17)16(20)18-12-7-6-8-13(11-12)21-2/h4-11H,3,17H2,1-2H3,(H,18,20). The predicted molar refractivity (Wildman–Crippen MR) is 85.9 cm³/mol. The molecule has 2 rings (SSSR count). The normalized spacial score (nSPS) is 10.0. The fourth-order valence-electron chi connectivity index (χ4n) is 2.05. The quantitative estimate of drug-likeness (QED) is 0.847. The number of amides is 2. The number of urea groups is 1. The van der Waals surface area contributed by atoms with Crippen LogP contribution in [-0.2, 0) is 0 Å². The van der Waals surface area contributed by atoms with Crippen LogP contribution in [0, 0.1) is 0 Å². The van der Waals surface area contributed by atoms with Gasteiger partial charge in [0.05, 0.1) is 18.5 Å². The van der Waals surface area contributed by atoms with Crippen LogP contribution in [0.1, 0.15) is 6.92 Å². The average Bonchev–Trinajstić information content (AvgIpc) is 2.50. The van der Waals surface area contributed by atoms with Gasteiger partial charge >= 0.3 is 6.03 Å². The summed E-state index contributed by atoms with van der Waals surface area (Å²) in [5.41, 5.74) is 7.87. The first-order valence-corrected chi connectivity index (χ1v) is 6.72. The minimum atomic E-state index is -0.233. The number of nitrogens with two attached hydrogens (primary N) is 1. The van der Waals surface area contributed by atoms with Crippen LogP contribution in [0.2, 0.25) is 0 Å². The molecular formula is C16H19N3O2. The molecule has 2 aromatic rings. The van der Waals surface area contributed by atoms with Crippen LogP contribution < -0.4 is 20.7 Å². The molecule has 0 aliphatic heterocycles. The SMILES string of the molecule is CCN(C(=O)Nc1cccc(OC)c1)c1ccccc1N. The third-order valence-corrected chi connectivity index (χ3v) is 3.11. The first-order valence-electron chi connectivity index (χ1n) is 6.72. The van der Waals surface area contributed by atoms with Gasteiger partial charge in [-0.05, 0) is 31.2 Å². The van der Waals surface area contributed by atoms with E-state index in [2.05, 4.69) is 5.32 Å². The van der Waals surface area contributed by atoms with E-state index in [-0.39, 0.29) is 6.03 Å². The number of carbonyl (C=O) groups is 1. The summed E-state index contributed by atoms with van der Waals surface area (Å²) in [7, 11) is 1.59. The molecule has 0 heterocycles. The largest absolute Gasteiger partial charge is 0.497 e. The van der Waals surface area contributed by atoms with Crippen LogP contribution in [0.3, 0.4) is 0 Å². The number of hydrogen-bond donors (Lipinski definition) is 2. The van der Waals surface area contributed by atoms with Gasteiger partial charge in [-0.25, -0.2) is 4.79 Å². The van der Waals surface area contributed by atoms with Gasteiger partial charge in [-0.15, -0.1) is 0 Å². The second kappa shape index (κ2) is 6.65. The summed E-state index contributed by atoms with van der Waals surface area (Å²) < 4.78 is 5.14. The Balaban J connectivity index is 2.19. The van der Waals surface area contributed by atoms with Crippen LogP contribution in [0.5, 0.6) is 5.75 Å². The summed E-state index contributed by atoms with van der Waals surface area (Å²) in [4.78, 5) is 14.0. The summed E-state index contributed by atoms with van der Waals surface area (Å²) in [5.74, 6) is 0.690. The van der Waals surface area contributed by atoms with Gasteiger partial charge in [-0.2, -0.15) is 0 Å². The summed E-state index contributed by atoms with van der Waals surface area (Å²) in [6.45, 7) is 2.42. The van der Waals surface area contributed by atoms with Crippen molar-refractivity contribution in [3.05, 3.63) is 48.5 Å². The molecule has 0 atom stereocenters. The Labute approximate surface area is 124 Å². The maximum absolute atomic E-state index is 12.4. The maximum atomic E-state index is 12.4. The number of benzene rings is 2. The molecule has 5 heteroatoms. The summed E-state index contributed by atoms with van der Waals surface area (Å²) in [6.07, 6.45) is 0. The molecule has 5 nitrogen and oxygen atoms in total. The van der Waals surface area contributed by atoms with E-state index in [0.717, 1.165) is 0 Å². The lowest BCUT2D eigenvalue weighted by Crippen LogP contribution is -2.35. The molecule has 0 bridgehead atoms. The van der Waals surface area contributed by atoms with Crippen molar-refractivity contribution in [1.29, 1.82) is 0 Å². The second-order valence-corrected chi connectivity index (χ2v) is 4.47. The number of nitrogen functional groups attached to an aromatic ring is 1. The highest BCUT2D eigenvalue weighted by Gasteiger charge is 2.16. The van der Waals surface area contributed by atoms with Crippen molar-refractivity contribution in [3.8, 4) is 5.75 Å². The highest BCUT2D eigenvalue weighted by Crippen LogP contribution is 2.24. The first kappa shape index (κ1) is 14.7. The molecule has 0 fully saturated rings. The number of rotatable bonds is 4. The second-order valence-electron chi connectivity index (χ2n) is 4.47. The molecule has 110 valence electrons. The van der Waals surface area contributed by atoms with E-state index < -0.39 is 0 Å². The van der Waals surface area contributed by atoms with Gasteiger partial charge in [0.1, 0.15) is 5.75 Å². The van der Waals surface area contributed by atoms with E-state index in [1.807, 2.05) is 43.3 Å². The Morgan fingerprint density at radius 1 is 1.24 bits per heavy atom. The molecule has 0 aliphatic rings. The van der Waals surface area contributed by atoms with E-state index in [9.17, 15) is 4.79 Å². The van der Waals surface area contributed by atoms with Crippen LogP contribution in [0.4, 0.5) is 21.9 Å². The molecule has 0 radical (unpaired) electrons. The monoisotopic (exact) mass is 285 g/mol. The minimum Gasteiger partial charge on any atom is -0.497 e. The minimum absolute atomic E-state index is 0.233. The number of ether oxygens (including phenoxy) is 1. The van der Waals surface area contributed by atoms with Gasteiger partial charge in [-0.1, -0.05) is 18.2 Å². The number of anilines is 3. The van der Waals surface area contributed by atoms with Crippen LogP contribution in [0.15, 0.2) is 48.5 Å². The van der Waals surface area contributed by atoms with Crippen molar-refractivity contribution in [2.24, 2.45) is 0 Å². The lowest BCUT2D eigenvalue weighted by molar-refractivity contribution is 0.257. The first-order chi connectivity index (χ1) is 10.2. The summed E-state index contributed by atoms with van der Waals surface area (Å²) >= 11 is 0.